The molecule has 23 heavy (non-hydrogen) atoms. The van der Waals surface area contributed by atoms with Crippen molar-refractivity contribution in [1.29, 1.82) is 0 Å². The molecule has 0 bridgehead atoms. The predicted molar refractivity (Wildman–Crippen MR) is 86.9 cm³/mol. The van der Waals surface area contributed by atoms with Crippen LogP contribution in [0.1, 0.15) is 49.8 Å². The molecular formula is C17H26N4O2. The van der Waals surface area contributed by atoms with Gasteiger partial charge in [0, 0.05) is 50.6 Å². The van der Waals surface area contributed by atoms with Gasteiger partial charge in [0.1, 0.15) is 0 Å². The van der Waals surface area contributed by atoms with Crippen molar-refractivity contribution in [3.8, 4) is 0 Å². The van der Waals surface area contributed by atoms with Gasteiger partial charge in [-0.25, -0.2) is 0 Å². The van der Waals surface area contributed by atoms with Gasteiger partial charge in [-0.1, -0.05) is 0 Å². The number of aryl methyl sites for hydroxylation is 1. The molecule has 2 aliphatic heterocycles. The summed E-state index contributed by atoms with van der Waals surface area (Å²) in [5.41, 5.74) is 2.35. The van der Waals surface area contributed by atoms with Crippen molar-refractivity contribution in [2.45, 2.75) is 45.4 Å². The van der Waals surface area contributed by atoms with E-state index in [2.05, 4.69) is 17.1 Å². The topological polar surface area (TPSA) is 69.3 Å². The lowest BCUT2D eigenvalue weighted by Gasteiger charge is -2.37. The van der Waals surface area contributed by atoms with E-state index in [0.717, 1.165) is 38.8 Å². The van der Waals surface area contributed by atoms with Gasteiger partial charge in [-0.05, 0) is 38.2 Å². The number of rotatable bonds is 2. The number of amides is 2. The first-order valence-electron chi connectivity index (χ1n) is 8.60. The summed E-state index contributed by atoms with van der Waals surface area (Å²) in [7, 11) is 0. The zero-order valence-corrected chi connectivity index (χ0v) is 14.0. The van der Waals surface area contributed by atoms with Crippen LogP contribution in [0, 0.1) is 12.8 Å². The third-order valence-electron chi connectivity index (χ3n) is 5.30. The molecule has 126 valence electrons. The molecular weight excluding hydrogens is 292 g/mol. The number of nitrogens with one attached hydrogen (secondary N) is 1. The summed E-state index contributed by atoms with van der Waals surface area (Å²) in [4.78, 5) is 28.1. The van der Waals surface area contributed by atoms with E-state index in [1.807, 2.05) is 16.0 Å². The molecule has 1 aromatic heterocycles. The first kappa shape index (κ1) is 16.0. The maximum atomic E-state index is 12.8. The Kier molecular flexibility index (Phi) is 4.68. The molecule has 1 atom stereocenters. The van der Waals surface area contributed by atoms with Crippen LogP contribution in [-0.2, 0) is 9.59 Å². The zero-order chi connectivity index (χ0) is 16.4. The molecule has 1 N–H and O–H groups in total. The van der Waals surface area contributed by atoms with Gasteiger partial charge < -0.3 is 9.80 Å². The van der Waals surface area contributed by atoms with Gasteiger partial charge in [0.2, 0.25) is 11.8 Å². The van der Waals surface area contributed by atoms with Gasteiger partial charge in [0.05, 0.1) is 6.20 Å². The number of carbonyl (C=O) groups excluding carboxylic acids is 2. The summed E-state index contributed by atoms with van der Waals surface area (Å²) < 4.78 is 0. The molecule has 1 unspecified atom stereocenters. The highest BCUT2D eigenvalue weighted by Crippen LogP contribution is 2.29. The van der Waals surface area contributed by atoms with Crippen LogP contribution in [0.5, 0.6) is 0 Å². The monoisotopic (exact) mass is 318 g/mol. The highest BCUT2D eigenvalue weighted by Gasteiger charge is 2.32. The SMILES string of the molecule is CC(=O)N1CCC(C(=O)N2CCCC(c3[nH]ncc3C)C2)CC1. The van der Waals surface area contributed by atoms with Crippen LogP contribution in [0.15, 0.2) is 6.20 Å². The van der Waals surface area contributed by atoms with Crippen LogP contribution in [0.4, 0.5) is 0 Å². The van der Waals surface area contributed by atoms with E-state index in [1.54, 1.807) is 6.92 Å². The Morgan fingerprint density at radius 3 is 2.52 bits per heavy atom. The van der Waals surface area contributed by atoms with E-state index in [0.29, 0.717) is 19.0 Å². The van der Waals surface area contributed by atoms with Crippen LogP contribution in [0.25, 0.3) is 0 Å². The summed E-state index contributed by atoms with van der Waals surface area (Å²) in [6, 6.07) is 0. The minimum atomic E-state index is 0.0761. The zero-order valence-electron chi connectivity index (χ0n) is 14.0. The third-order valence-corrected chi connectivity index (χ3v) is 5.30. The molecule has 0 spiro atoms. The average molecular weight is 318 g/mol. The lowest BCUT2D eigenvalue weighted by molar-refractivity contribution is -0.141. The number of hydrogen-bond acceptors (Lipinski definition) is 3. The highest BCUT2D eigenvalue weighted by molar-refractivity contribution is 5.80. The highest BCUT2D eigenvalue weighted by atomic mass is 16.2. The first-order chi connectivity index (χ1) is 11.1. The molecule has 6 nitrogen and oxygen atoms in total. The minimum absolute atomic E-state index is 0.0761. The summed E-state index contributed by atoms with van der Waals surface area (Å²) in [5, 5.41) is 7.22. The second kappa shape index (κ2) is 6.72. The number of likely N-dealkylation sites (tertiary alicyclic amines) is 2. The number of H-pyrrole nitrogens is 1. The number of aromatic amines is 1. The Morgan fingerprint density at radius 2 is 1.91 bits per heavy atom. The number of hydrogen-bond donors (Lipinski definition) is 1. The fourth-order valence-corrected chi connectivity index (χ4v) is 3.88. The molecule has 3 rings (SSSR count). The maximum absolute atomic E-state index is 12.8. The Morgan fingerprint density at radius 1 is 1.17 bits per heavy atom. The van der Waals surface area contributed by atoms with E-state index in [9.17, 15) is 9.59 Å². The fraction of sp³-hybridized carbons (Fsp3) is 0.706. The van der Waals surface area contributed by atoms with Crippen molar-refractivity contribution in [2.75, 3.05) is 26.2 Å². The third kappa shape index (κ3) is 3.41. The van der Waals surface area contributed by atoms with Crippen molar-refractivity contribution in [3.05, 3.63) is 17.5 Å². The van der Waals surface area contributed by atoms with Gasteiger partial charge >= 0.3 is 0 Å². The maximum Gasteiger partial charge on any atom is 0.225 e. The molecule has 6 heteroatoms. The molecule has 2 fully saturated rings. The van der Waals surface area contributed by atoms with Crippen LogP contribution in [0.2, 0.25) is 0 Å². The number of carbonyl (C=O) groups is 2. The number of aromatic nitrogens is 2. The smallest absolute Gasteiger partial charge is 0.225 e. The van der Waals surface area contributed by atoms with Crippen LogP contribution in [0.3, 0.4) is 0 Å². The quantitative estimate of drug-likeness (QED) is 0.902. The molecule has 0 aromatic carbocycles. The molecule has 2 amide bonds. The molecule has 2 saturated heterocycles. The molecule has 2 aliphatic rings. The van der Waals surface area contributed by atoms with E-state index >= 15 is 0 Å². The summed E-state index contributed by atoms with van der Waals surface area (Å²) in [5.74, 6) is 0.832. The molecule has 0 saturated carbocycles. The van der Waals surface area contributed by atoms with Crippen LogP contribution < -0.4 is 0 Å². The van der Waals surface area contributed by atoms with Gasteiger partial charge in [0.15, 0.2) is 0 Å². The summed E-state index contributed by atoms with van der Waals surface area (Å²) in [6.45, 7) is 6.73. The number of nitrogens with zero attached hydrogens (tertiary/aromatic N) is 3. The molecule has 1 aromatic rings. The van der Waals surface area contributed by atoms with Gasteiger partial charge in [-0.2, -0.15) is 5.10 Å². The van der Waals surface area contributed by atoms with Gasteiger partial charge in [-0.3, -0.25) is 14.7 Å². The first-order valence-corrected chi connectivity index (χ1v) is 8.60. The standard InChI is InChI=1S/C17H26N4O2/c1-12-10-18-19-16(12)15-4-3-7-21(11-15)17(23)14-5-8-20(9-6-14)13(2)22/h10,14-15H,3-9,11H2,1-2H3,(H,18,19). The van der Waals surface area contributed by atoms with Crippen LogP contribution in [-0.4, -0.2) is 58.0 Å². The fourth-order valence-electron chi connectivity index (χ4n) is 3.88. The van der Waals surface area contributed by atoms with Crippen molar-refractivity contribution in [3.63, 3.8) is 0 Å². The van der Waals surface area contributed by atoms with Gasteiger partial charge in [-0.15, -0.1) is 0 Å². The average Bonchev–Trinajstić information content (AvgIpc) is 3.00. The van der Waals surface area contributed by atoms with E-state index < -0.39 is 0 Å². The molecule has 0 aliphatic carbocycles. The van der Waals surface area contributed by atoms with Crippen molar-refractivity contribution in [1.82, 2.24) is 20.0 Å². The predicted octanol–water partition coefficient (Wildman–Crippen LogP) is 1.68. The van der Waals surface area contributed by atoms with Crippen LogP contribution >= 0.6 is 0 Å². The largest absolute Gasteiger partial charge is 0.343 e. The summed E-state index contributed by atoms with van der Waals surface area (Å²) in [6.07, 6.45) is 5.59. The Balaban J connectivity index is 1.60. The second-order valence-corrected chi connectivity index (χ2v) is 6.87. The molecule has 0 radical (unpaired) electrons. The lowest BCUT2D eigenvalue weighted by Crippen LogP contribution is -2.46. The summed E-state index contributed by atoms with van der Waals surface area (Å²) >= 11 is 0. The minimum Gasteiger partial charge on any atom is -0.343 e. The molecule has 3 heterocycles. The van der Waals surface area contributed by atoms with Crippen molar-refractivity contribution < 1.29 is 9.59 Å². The van der Waals surface area contributed by atoms with Crippen molar-refractivity contribution >= 4 is 11.8 Å². The lowest BCUT2D eigenvalue weighted by atomic mass is 9.90. The van der Waals surface area contributed by atoms with Crippen molar-refractivity contribution in [2.24, 2.45) is 5.92 Å². The number of piperidine rings is 2. The van der Waals surface area contributed by atoms with E-state index in [4.69, 9.17) is 0 Å². The Labute approximate surface area is 137 Å². The van der Waals surface area contributed by atoms with E-state index in [1.165, 1.54) is 11.3 Å². The van der Waals surface area contributed by atoms with Gasteiger partial charge in [0.25, 0.3) is 0 Å². The Bertz CT molecular complexity index is 575. The normalized spacial score (nSPS) is 23.1. The van der Waals surface area contributed by atoms with E-state index in [-0.39, 0.29) is 17.7 Å². The second-order valence-electron chi connectivity index (χ2n) is 6.87. The Hall–Kier alpha value is -1.85.